The SMILES string of the molecule is C[C@H](NC(CCc1ccccc1)C(=O)O)C(=O)[N+]1(C(=O)O)CC(O)C[C@H]1C. The summed E-state index contributed by atoms with van der Waals surface area (Å²) < 4.78 is -0.889. The monoisotopic (exact) mass is 379 g/mol. The highest BCUT2D eigenvalue weighted by Crippen LogP contribution is 2.29. The number of hydrogen-bond acceptors (Lipinski definition) is 5. The number of rotatable bonds is 7. The minimum Gasteiger partial charge on any atom is -0.480 e. The van der Waals surface area contributed by atoms with Crippen molar-refractivity contribution >= 4 is 18.0 Å². The van der Waals surface area contributed by atoms with Crippen LogP contribution in [-0.2, 0) is 16.0 Å². The zero-order valence-corrected chi connectivity index (χ0v) is 15.5. The van der Waals surface area contributed by atoms with Crippen LogP contribution in [0.2, 0.25) is 0 Å². The molecule has 148 valence electrons. The third-order valence-corrected chi connectivity index (χ3v) is 5.28. The third-order valence-electron chi connectivity index (χ3n) is 5.28. The van der Waals surface area contributed by atoms with E-state index in [1.54, 1.807) is 6.92 Å². The molecule has 1 aromatic rings. The van der Waals surface area contributed by atoms with Gasteiger partial charge in [-0.15, -0.1) is 0 Å². The number of quaternary nitrogens is 1. The van der Waals surface area contributed by atoms with Crippen LogP contribution in [0.4, 0.5) is 4.79 Å². The number of nitrogens with zero attached hydrogens (tertiary/aromatic N) is 1. The van der Waals surface area contributed by atoms with Crippen LogP contribution in [0.3, 0.4) is 0 Å². The summed E-state index contributed by atoms with van der Waals surface area (Å²) in [4.78, 5) is 36.4. The second-order valence-corrected chi connectivity index (χ2v) is 7.21. The largest absolute Gasteiger partial charge is 0.521 e. The number of carbonyl (C=O) groups is 3. The highest BCUT2D eigenvalue weighted by molar-refractivity contribution is 5.85. The van der Waals surface area contributed by atoms with E-state index in [1.807, 2.05) is 30.3 Å². The van der Waals surface area contributed by atoms with Crippen molar-refractivity contribution in [3.05, 3.63) is 35.9 Å². The molecule has 4 N–H and O–H groups in total. The van der Waals surface area contributed by atoms with Crippen molar-refractivity contribution in [3.8, 4) is 0 Å². The third kappa shape index (κ3) is 4.52. The molecule has 1 aliphatic heterocycles. The van der Waals surface area contributed by atoms with Crippen molar-refractivity contribution < 1.29 is 34.2 Å². The molecule has 8 nitrogen and oxygen atoms in total. The summed E-state index contributed by atoms with van der Waals surface area (Å²) in [6.45, 7) is 2.88. The first-order chi connectivity index (χ1) is 12.7. The summed E-state index contributed by atoms with van der Waals surface area (Å²) >= 11 is 0. The Labute approximate surface area is 158 Å². The molecule has 1 aromatic carbocycles. The molecule has 1 fully saturated rings. The number of aliphatic hydroxyl groups is 1. The lowest BCUT2D eigenvalue weighted by atomic mass is 10.0. The van der Waals surface area contributed by atoms with Crippen molar-refractivity contribution in [1.29, 1.82) is 0 Å². The molecule has 0 bridgehead atoms. The quantitative estimate of drug-likeness (QED) is 0.525. The molecule has 8 heteroatoms. The molecule has 0 aliphatic carbocycles. The van der Waals surface area contributed by atoms with Gasteiger partial charge in [0.05, 0.1) is 0 Å². The summed E-state index contributed by atoms with van der Waals surface area (Å²) in [6, 6.07) is 6.85. The van der Waals surface area contributed by atoms with Gasteiger partial charge in [0.15, 0.2) is 0 Å². The van der Waals surface area contributed by atoms with E-state index in [0.717, 1.165) is 5.56 Å². The highest BCUT2D eigenvalue weighted by atomic mass is 16.4. The number of aliphatic hydroxyl groups excluding tert-OH is 1. The number of amides is 2. The van der Waals surface area contributed by atoms with Gasteiger partial charge in [-0.1, -0.05) is 30.3 Å². The first-order valence-corrected chi connectivity index (χ1v) is 9.05. The Bertz CT molecular complexity index is 695. The number of aryl methyl sites for hydroxylation is 1. The van der Waals surface area contributed by atoms with E-state index in [1.165, 1.54) is 6.92 Å². The Hall–Kier alpha value is -2.29. The summed E-state index contributed by atoms with van der Waals surface area (Å²) in [5.74, 6) is -1.74. The molecule has 1 heterocycles. The average molecular weight is 379 g/mol. The Balaban J connectivity index is 2.09. The lowest BCUT2D eigenvalue weighted by Gasteiger charge is -2.32. The number of carboxylic acids is 1. The second kappa shape index (κ2) is 8.60. The van der Waals surface area contributed by atoms with E-state index in [-0.39, 0.29) is 19.4 Å². The van der Waals surface area contributed by atoms with Crippen LogP contribution < -0.4 is 5.32 Å². The summed E-state index contributed by atoms with van der Waals surface area (Å²) in [6.07, 6.45) is -1.21. The van der Waals surface area contributed by atoms with Crippen LogP contribution in [0.1, 0.15) is 32.3 Å². The first kappa shape index (κ1) is 21.0. The van der Waals surface area contributed by atoms with Gasteiger partial charge >= 0.3 is 18.0 Å². The minimum absolute atomic E-state index is 0.205. The van der Waals surface area contributed by atoms with Gasteiger partial charge in [0.2, 0.25) is 0 Å². The van der Waals surface area contributed by atoms with Gasteiger partial charge in [0.25, 0.3) is 0 Å². The van der Waals surface area contributed by atoms with Crippen molar-refractivity contribution in [2.45, 2.75) is 57.3 Å². The van der Waals surface area contributed by atoms with Crippen molar-refractivity contribution in [3.63, 3.8) is 0 Å². The topological polar surface area (TPSA) is 124 Å². The predicted molar refractivity (Wildman–Crippen MR) is 97.0 cm³/mol. The summed E-state index contributed by atoms with van der Waals surface area (Å²) in [5.41, 5.74) is 0.981. The Morgan fingerprint density at radius 1 is 1.22 bits per heavy atom. The maximum Gasteiger partial charge on any atom is 0.521 e. The van der Waals surface area contributed by atoms with E-state index in [2.05, 4.69) is 5.32 Å². The minimum atomic E-state index is -1.33. The molecule has 2 rings (SSSR count). The van der Waals surface area contributed by atoms with E-state index in [4.69, 9.17) is 0 Å². The first-order valence-electron chi connectivity index (χ1n) is 9.05. The van der Waals surface area contributed by atoms with E-state index < -0.39 is 46.7 Å². The fourth-order valence-corrected chi connectivity index (χ4v) is 3.78. The van der Waals surface area contributed by atoms with Crippen LogP contribution in [0, 0.1) is 0 Å². The van der Waals surface area contributed by atoms with Gasteiger partial charge in [-0.05, 0) is 32.3 Å². The van der Waals surface area contributed by atoms with Gasteiger partial charge < -0.3 is 15.3 Å². The molecule has 1 saturated heterocycles. The van der Waals surface area contributed by atoms with E-state index in [0.29, 0.717) is 6.42 Å². The standard InChI is InChI=1S/C19H26N2O6/c1-12-10-15(22)11-21(12,19(26)27)17(23)13(2)20-16(18(24)25)9-8-14-6-4-3-5-7-14/h3-7,12-13,15-16,20,22H,8-11H2,1-2H3,(H-,24,25,26,27)/p+1/t12-,13+,15?,16?,21?/m1/s1. The number of carboxylic acid groups (broad SMARTS) is 2. The Morgan fingerprint density at radius 3 is 2.33 bits per heavy atom. The van der Waals surface area contributed by atoms with E-state index in [9.17, 15) is 29.7 Å². The van der Waals surface area contributed by atoms with Gasteiger partial charge in [-0.25, -0.2) is 4.79 Å². The number of benzene rings is 1. The normalized spacial score (nSPS) is 27.1. The van der Waals surface area contributed by atoms with Crippen molar-refractivity contribution in [1.82, 2.24) is 5.32 Å². The second-order valence-electron chi connectivity index (χ2n) is 7.21. The number of nitrogens with one attached hydrogen (secondary N) is 1. The smallest absolute Gasteiger partial charge is 0.480 e. The summed E-state index contributed by atoms with van der Waals surface area (Å²) in [5, 5.41) is 31.8. The van der Waals surface area contributed by atoms with Crippen LogP contribution in [-0.4, -0.2) is 68.5 Å². The van der Waals surface area contributed by atoms with Gasteiger partial charge in [-0.2, -0.15) is 9.28 Å². The van der Waals surface area contributed by atoms with Crippen molar-refractivity contribution in [2.24, 2.45) is 0 Å². The maximum atomic E-state index is 12.9. The molecule has 27 heavy (non-hydrogen) atoms. The zero-order valence-electron chi connectivity index (χ0n) is 15.5. The van der Waals surface area contributed by atoms with Gasteiger partial charge in [-0.3, -0.25) is 10.1 Å². The maximum absolute atomic E-state index is 12.9. The molecule has 0 radical (unpaired) electrons. The lowest BCUT2D eigenvalue weighted by Crippen LogP contribution is -2.64. The molecular formula is C19H27N2O6+. The molecule has 0 aromatic heterocycles. The van der Waals surface area contributed by atoms with Crippen molar-refractivity contribution in [2.75, 3.05) is 6.54 Å². The molecule has 2 amide bonds. The molecule has 3 unspecified atom stereocenters. The fourth-order valence-electron chi connectivity index (χ4n) is 3.78. The molecule has 0 saturated carbocycles. The van der Waals surface area contributed by atoms with Crippen LogP contribution in [0.15, 0.2) is 30.3 Å². The number of likely N-dealkylation sites (tertiary alicyclic amines) is 1. The van der Waals surface area contributed by atoms with Crippen LogP contribution in [0.25, 0.3) is 0 Å². The number of hydrogen-bond donors (Lipinski definition) is 4. The highest BCUT2D eigenvalue weighted by Gasteiger charge is 2.57. The Morgan fingerprint density at radius 2 is 1.85 bits per heavy atom. The number of aliphatic carboxylic acids is 1. The summed E-state index contributed by atoms with van der Waals surface area (Å²) in [7, 11) is 0. The molecule has 5 atom stereocenters. The molecule has 0 spiro atoms. The zero-order chi connectivity index (χ0) is 20.2. The fraction of sp³-hybridized carbons (Fsp3) is 0.526. The van der Waals surface area contributed by atoms with Gasteiger partial charge in [0.1, 0.15) is 30.8 Å². The lowest BCUT2D eigenvalue weighted by molar-refractivity contribution is -0.794. The average Bonchev–Trinajstić information content (AvgIpc) is 2.93. The van der Waals surface area contributed by atoms with E-state index >= 15 is 0 Å². The molecule has 1 aliphatic rings. The number of imide groups is 1. The van der Waals surface area contributed by atoms with Crippen LogP contribution >= 0.6 is 0 Å². The predicted octanol–water partition coefficient (Wildman–Crippen LogP) is 1.22. The Kier molecular flexibility index (Phi) is 6.69. The molecular weight excluding hydrogens is 352 g/mol. The van der Waals surface area contributed by atoms with Crippen LogP contribution in [0.5, 0.6) is 0 Å². The van der Waals surface area contributed by atoms with Gasteiger partial charge in [0, 0.05) is 6.42 Å². The number of carbonyl (C=O) groups excluding carboxylic acids is 1.